The summed E-state index contributed by atoms with van der Waals surface area (Å²) in [5.74, 6) is -0.0124. The standard InChI is InChI=1S/C12H20N2O3S/c1-14(9-11-3-2-8-18-11)10-12(16)13-4-6-17-7-5-15/h2-3,8,15H,4-7,9-10H2,1H3,(H,13,16). The Morgan fingerprint density at radius 2 is 2.39 bits per heavy atom. The number of hydrogen-bond donors (Lipinski definition) is 2. The lowest BCUT2D eigenvalue weighted by molar-refractivity contribution is -0.122. The molecule has 5 nitrogen and oxygen atoms in total. The van der Waals surface area contributed by atoms with Crippen molar-refractivity contribution in [1.82, 2.24) is 10.2 Å². The van der Waals surface area contributed by atoms with Crippen molar-refractivity contribution in [2.45, 2.75) is 6.54 Å². The van der Waals surface area contributed by atoms with Crippen molar-refractivity contribution >= 4 is 17.2 Å². The summed E-state index contributed by atoms with van der Waals surface area (Å²) < 4.78 is 5.05. The molecule has 1 aromatic rings. The molecule has 0 aliphatic carbocycles. The highest BCUT2D eigenvalue weighted by atomic mass is 32.1. The number of aliphatic hydroxyl groups excluding tert-OH is 1. The van der Waals surface area contributed by atoms with Gasteiger partial charge in [-0.05, 0) is 18.5 Å². The first-order valence-corrected chi connectivity index (χ1v) is 6.76. The van der Waals surface area contributed by atoms with Crippen molar-refractivity contribution in [3.63, 3.8) is 0 Å². The Hall–Kier alpha value is -0.950. The molecule has 1 amide bonds. The number of amides is 1. The van der Waals surface area contributed by atoms with Gasteiger partial charge in [-0.2, -0.15) is 0 Å². The minimum Gasteiger partial charge on any atom is -0.394 e. The van der Waals surface area contributed by atoms with Gasteiger partial charge in [-0.15, -0.1) is 11.3 Å². The second-order valence-electron chi connectivity index (χ2n) is 3.94. The van der Waals surface area contributed by atoms with Crippen LogP contribution in [-0.2, 0) is 16.1 Å². The molecule has 0 fully saturated rings. The van der Waals surface area contributed by atoms with Crippen molar-refractivity contribution < 1.29 is 14.6 Å². The number of carbonyl (C=O) groups excluding carboxylic acids is 1. The lowest BCUT2D eigenvalue weighted by Crippen LogP contribution is -2.36. The predicted octanol–water partition coefficient (Wildman–Crippen LogP) is 0.305. The van der Waals surface area contributed by atoms with Gasteiger partial charge in [0.15, 0.2) is 0 Å². The normalized spacial score (nSPS) is 10.8. The summed E-state index contributed by atoms with van der Waals surface area (Å²) >= 11 is 1.69. The second kappa shape index (κ2) is 9.04. The number of hydrogen-bond acceptors (Lipinski definition) is 5. The third-order valence-electron chi connectivity index (χ3n) is 2.22. The highest BCUT2D eigenvalue weighted by molar-refractivity contribution is 7.09. The molecule has 1 heterocycles. The fraction of sp³-hybridized carbons (Fsp3) is 0.583. The highest BCUT2D eigenvalue weighted by Gasteiger charge is 2.06. The van der Waals surface area contributed by atoms with Crippen LogP contribution in [0.2, 0.25) is 0 Å². The molecule has 6 heteroatoms. The minimum atomic E-state index is -0.0124. The highest BCUT2D eigenvalue weighted by Crippen LogP contribution is 2.10. The minimum absolute atomic E-state index is 0.0114. The molecule has 2 N–H and O–H groups in total. The predicted molar refractivity (Wildman–Crippen MR) is 71.6 cm³/mol. The summed E-state index contributed by atoms with van der Waals surface area (Å²) in [5.41, 5.74) is 0. The largest absolute Gasteiger partial charge is 0.394 e. The van der Waals surface area contributed by atoms with Gasteiger partial charge in [0, 0.05) is 18.0 Å². The van der Waals surface area contributed by atoms with E-state index in [2.05, 4.69) is 11.4 Å². The van der Waals surface area contributed by atoms with Crippen molar-refractivity contribution in [2.24, 2.45) is 0 Å². The SMILES string of the molecule is CN(CC(=O)NCCOCCO)Cc1cccs1. The van der Waals surface area contributed by atoms with Gasteiger partial charge in [-0.25, -0.2) is 0 Å². The van der Waals surface area contributed by atoms with E-state index in [0.717, 1.165) is 6.54 Å². The van der Waals surface area contributed by atoms with E-state index in [1.165, 1.54) is 4.88 Å². The molecule has 0 bridgehead atoms. The van der Waals surface area contributed by atoms with Crippen molar-refractivity contribution in [3.8, 4) is 0 Å². The van der Waals surface area contributed by atoms with E-state index in [0.29, 0.717) is 26.3 Å². The van der Waals surface area contributed by atoms with Gasteiger partial charge in [0.1, 0.15) is 0 Å². The van der Waals surface area contributed by atoms with Crippen LogP contribution in [0.15, 0.2) is 17.5 Å². The van der Waals surface area contributed by atoms with Crippen LogP contribution >= 0.6 is 11.3 Å². The van der Waals surface area contributed by atoms with E-state index >= 15 is 0 Å². The molecule has 102 valence electrons. The molecule has 0 aliphatic rings. The summed E-state index contributed by atoms with van der Waals surface area (Å²) in [6, 6.07) is 4.06. The summed E-state index contributed by atoms with van der Waals surface area (Å²) in [7, 11) is 1.92. The van der Waals surface area contributed by atoms with E-state index in [4.69, 9.17) is 9.84 Å². The number of ether oxygens (including phenoxy) is 1. The summed E-state index contributed by atoms with van der Waals surface area (Å²) in [5, 5.41) is 13.3. The molecular formula is C12H20N2O3S. The molecule has 0 saturated heterocycles. The number of likely N-dealkylation sites (N-methyl/N-ethyl adjacent to an activating group) is 1. The van der Waals surface area contributed by atoms with Crippen molar-refractivity contribution in [3.05, 3.63) is 22.4 Å². The van der Waals surface area contributed by atoms with E-state index in [9.17, 15) is 4.79 Å². The fourth-order valence-electron chi connectivity index (χ4n) is 1.45. The molecule has 0 aromatic carbocycles. The monoisotopic (exact) mass is 272 g/mol. The van der Waals surface area contributed by atoms with Crippen LogP contribution in [0.25, 0.3) is 0 Å². The number of rotatable bonds is 9. The zero-order valence-corrected chi connectivity index (χ0v) is 11.4. The first kappa shape index (κ1) is 15.1. The molecule has 0 unspecified atom stereocenters. The van der Waals surface area contributed by atoms with Crippen molar-refractivity contribution in [1.29, 1.82) is 0 Å². The van der Waals surface area contributed by atoms with Crippen LogP contribution in [0.5, 0.6) is 0 Å². The zero-order chi connectivity index (χ0) is 13.2. The van der Waals surface area contributed by atoms with Gasteiger partial charge >= 0.3 is 0 Å². The van der Waals surface area contributed by atoms with Crippen LogP contribution in [-0.4, -0.2) is 55.9 Å². The summed E-state index contributed by atoms with van der Waals surface area (Å²) in [6.45, 7) is 2.39. The van der Waals surface area contributed by atoms with E-state index in [-0.39, 0.29) is 12.5 Å². The molecule has 0 spiro atoms. The lowest BCUT2D eigenvalue weighted by atomic mass is 10.4. The Morgan fingerprint density at radius 1 is 1.56 bits per heavy atom. The maximum atomic E-state index is 11.6. The van der Waals surface area contributed by atoms with Crippen LogP contribution < -0.4 is 5.32 Å². The third kappa shape index (κ3) is 6.70. The number of nitrogens with one attached hydrogen (secondary N) is 1. The van der Waals surface area contributed by atoms with Crippen LogP contribution in [0.3, 0.4) is 0 Å². The second-order valence-corrected chi connectivity index (χ2v) is 4.97. The van der Waals surface area contributed by atoms with Gasteiger partial charge in [0.2, 0.25) is 5.91 Å². The number of aliphatic hydroxyl groups is 1. The lowest BCUT2D eigenvalue weighted by Gasteiger charge is -2.15. The molecule has 0 atom stereocenters. The zero-order valence-electron chi connectivity index (χ0n) is 10.6. The van der Waals surface area contributed by atoms with Gasteiger partial charge in [0.25, 0.3) is 0 Å². The van der Waals surface area contributed by atoms with E-state index < -0.39 is 0 Å². The third-order valence-corrected chi connectivity index (χ3v) is 3.08. The molecule has 18 heavy (non-hydrogen) atoms. The maximum absolute atomic E-state index is 11.6. The van der Waals surface area contributed by atoms with Gasteiger partial charge in [-0.1, -0.05) is 6.07 Å². The summed E-state index contributed by atoms with van der Waals surface area (Å²) in [4.78, 5) is 14.8. The number of thiophene rings is 1. The average molecular weight is 272 g/mol. The Labute approximate surface area is 111 Å². The first-order chi connectivity index (χ1) is 8.72. The van der Waals surface area contributed by atoms with Gasteiger partial charge in [-0.3, -0.25) is 9.69 Å². The first-order valence-electron chi connectivity index (χ1n) is 5.88. The average Bonchev–Trinajstić information content (AvgIpc) is 2.81. The Balaban J connectivity index is 2.08. The molecule has 0 saturated carbocycles. The molecule has 0 radical (unpaired) electrons. The van der Waals surface area contributed by atoms with E-state index in [1.54, 1.807) is 11.3 Å². The molecule has 1 rings (SSSR count). The molecular weight excluding hydrogens is 252 g/mol. The van der Waals surface area contributed by atoms with E-state index in [1.807, 2.05) is 23.4 Å². The van der Waals surface area contributed by atoms with Crippen LogP contribution in [0.1, 0.15) is 4.88 Å². The fourth-order valence-corrected chi connectivity index (χ4v) is 2.24. The molecule has 1 aromatic heterocycles. The maximum Gasteiger partial charge on any atom is 0.234 e. The number of nitrogens with zero attached hydrogens (tertiary/aromatic N) is 1. The Morgan fingerprint density at radius 3 is 3.06 bits per heavy atom. The quantitative estimate of drug-likeness (QED) is 0.635. The Kier molecular flexibility index (Phi) is 7.59. The summed E-state index contributed by atoms with van der Waals surface area (Å²) in [6.07, 6.45) is 0. The van der Waals surface area contributed by atoms with Crippen LogP contribution in [0, 0.1) is 0 Å². The van der Waals surface area contributed by atoms with Crippen LogP contribution in [0.4, 0.5) is 0 Å². The number of carbonyl (C=O) groups is 1. The smallest absolute Gasteiger partial charge is 0.234 e. The topological polar surface area (TPSA) is 61.8 Å². The van der Waals surface area contributed by atoms with Gasteiger partial charge in [0.05, 0.1) is 26.4 Å². The molecule has 0 aliphatic heterocycles. The van der Waals surface area contributed by atoms with Crippen molar-refractivity contribution in [2.75, 3.05) is 40.0 Å². The van der Waals surface area contributed by atoms with Gasteiger partial charge < -0.3 is 15.2 Å². The Bertz CT molecular complexity index is 330.